The molecule has 0 N–H and O–H groups in total. The molecule has 20 heavy (non-hydrogen) atoms. The molecule has 0 bridgehead atoms. The first-order valence-corrected chi connectivity index (χ1v) is 7.90. The largest absolute Gasteiger partial charge is 0.342 e. The molecule has 4 rings (SSSR count). The number of nitrogens with zero attached hydrogens (tertiary/aromatic N) is 3. The highest BCUT2D eigenvalue weighted by molar-refractivity contribution is 7.08. The molecule has 104 valence electrons. The fourth-order valence-electron chi connectivity index (χ4n) is 2.66. The fraction of sp³-hybridized carbons (Fsp3) is 0.500. The van der Waals surface area contributed by atoms with E-state index in [0.29, 0.717) is 17.7 Å². The molecule has 1 unspecified atom stereocenters. The van der Waals surface area contributed by atoms with Crippen molar-refractivity contribution in [2.24, 2.45) is 5.92 Å². The Labute approximate surface area is 120 Å². The molecule has 0 aromatic carbocycles. The summed E-state index contributed by atoms with van der Waals surface area (Å²) in [5, 5.41) is 8.07. The van der Waals surface area contributed by atoms with E-state index in [2.05, 4.69) is 10.1 Å². The van der Waals surface area contributed by atoms with Crippen molar-refractivity contribution in [1.29, 1.82) is 0 Å². The predicted molar refractivity (Wildman–Crippen MR) is 74.3 cm³/mol. The van der Waals surface area contributed by atoms with Crippen molar-refractivity contribution in [1.82, 2.24) is 15.0 Å². The summed E-state index contributed by atoms with van der Waals surface area (Å²) in [6, 6.07) is 1.97. The third-order valence-corrected chi connectivity index (χ3v) is 4.68. The van der Waals surface area contributed by atoms with E-state index in [0.717, 1.165) is 43.7 Å². The lowest BCUT2D eigenvalue weighted by Crippen LogP contribution is -2.29. The molecule has 0 radical (unpaired) electrons. The van der Waals surface area contributed by atoms with Crippen LogP contribution in [0.4, 0.5) is 0 Å². The molecule has 2 aromatic rings. The minimum Gasteiger partial charge on any atom is -0.342 e. The molecular weight excluding hydrogens is 274 g/mol. The van der Waals surface area contributed by atoms with Gasteiger partial charge in [0.15, 0.2) is 5.82 Å². The van der Waals surface area contributed by atoms with Crippen molar-refractivity contribution in [2.45, 2.75) is 25.2 Å². The maximum absolute atomic E-state index is 12.0. The van der Waals surface area contributed by atoms with E-state index in [1.165, 1.54) is 0 Å². The fourth-order valence-corrected chi connectivity index (χ4v) is 3.29. The van der Waals surface area contributed by atoms with E-state index in [-0.39, 0.29) is 5.92 Å². The molecular formula is C14H15N3O2S. The summed E-state index contributed by atoms with van der Waals surface area (Å²) in [5.41, 5.74) is 0.970. The Kier molecular flexibility index (Phi) is 2.84. The standard InChI is InChI=1S/C14H15N3O2S/c18-14(9-1-2-9)17-5-3-10(7-17)12-15-13(19-16-12)11-4-6-20-8-11/h4,6,8-10H,1-3,5,7H2. The van der Waals surface area contributed by atoms with Gasteiger partial charge in [0.25, 0.3) is 5.89 Å². The lowest BCUT2D eigenvalue weighted by Gasteiger charge is -2.14. The Balaban J connectivity index is 1.47. The maximum atomic E-state index is 12.0. The summed E-state index contributed by atoms with van der Waals surface area (Å²) in [5.74, 6) is 2.13. The van der Waals surface area contributed by atoms with Gasteiger partial charge in [-0.1, -0.05) is 5.16 Å². The smallest absolute Gasteiger partial charge is 0.258 e. The zero-order valence-electron chi connectivity index (χ0n) is 11.0. The zero-order chi connectivity index (χ0) is 13.5. The Hall–Kier alpha value is -1.69. The minimum absolute atomic E-state index is 0.217. The van der Waals surface area contributed by atoms with Gasteiger partial charge in [0.05, 0.1) is 5.56 Å². The van der Waals surface area contributed by atoms with Crippen molar-refractivity contribution in [3.8, 4) is 11.5 Å². The third-order valence-electron chi connectivity index (χ3n) is 4.00. The summed E-state index contributed by atoms with van der Waals surface area (Å²) in [6.07, 6.45) is 3.05. The van der Waals surface area contributed by atoms with Crippen LogP contribution in [0.5, 0.6) is 0 Å². The Morgan fingerprint density at radius 3 is 3.05 bits per heavy atom. The minimum atomic E-state index is 0.217. The first kappa shape index (κ1) is 12.1. The van der Waals surface area contributed by atoms with E-state index in [1.807, 2.05) is 21.7 Å². The Morgan fingerprint density at radius 2 is 2.30 bits per heavy atom. The summed E-state index contributed by atoms with van der Waals surface area (Å²) < 4.78 is 5.32. The number of amides is 1. The van der Waals surface area contributed by atoms with Crippen LogP contribution in [0.2, 0.25) is 0 Å². The highest BCUT2D eigenvalue weighted by atomic mass is 32.1. The summed E-state index contributed by atoms with van der Waals surface area (Å²) in [7, 11) is 0. The second-order valence-corrected chi connectivity index (χ2v) is 6.29. The van der Waals surface area contributed by atoms with Gasteiger partial charge in [-0.05, 0) is 30.7 Å². The number of aromatic nitrogens is 2. The van der Waals surface area contributed by atoms with Crippen LogP contribution >= 0.6 is 11.3 Å². The molecule has 3 heterocycles. The van der Waals surface area contributed by atoms with E-state index < -0.39 is 0 Å². The summed E-state index contributed by atoms with van der Waals surface area (Å²) >= 11 is 1.61. The Morgan fingerprint density at radius 1 is 1.40 bits per heavy atom. The van der Waals surface area contributed by atoms with Gasteiger partial charge in [-0.2, -0.15) is 16.3 Å². The number of carbonyl (C=O) groups is 1. The van der Waals surface area contributed by atoms with Gasteiger partial charge in [-0.15, -0.1) is 0 Å². The van der Waals surface area contributed by atoms with Crippen LogP contribution in [0.25, 0.3) is 11.5 Å². The highest BCUT2D eigenvalue weighted by Gasteiger charge is 2.38. The summed E-state index contributed by atoms with van der Waals surface area (Å²) in [6.45, 7) is 1.56. The number of rotatable bonds is 3. The molecule has 2 aliphatic rings. The van der Waals surface area contributed by atoms with Crippen molar-refractivity contribution in [3.05, 3.63) is 22.7 Å². The summed E-state index contributed by atoms with van der Waals surface area (Å²) in [4.78, 5) is 18.5. The van der Waals surface area contributed by atoms with Gasteiger partial charge in [0.2, 0.25) is 5.91 Å². The zero-order valence-corrected chi connectivity index (χ0v) is 11.8. The van der Waals surface area contributed by atoms with Crippen molar-refractivity contribution < 1.29 is 9.32 Å². The molecule has 1 saturated heterocycles. The molecule has 0 spiro atoms. The molecule has 1 aliphatic heterocycles. The predicted octanol–water partition coefficient (Wildman–Crippen LogP) is 2.52. The highest BCUT2D eigenvalue weighted by Crippen LogP contribution is 2.34. The quantitative estimate of drug-likeness (QED) is 0.871. The van der Waals surface area contributed by atoms with Crippen LogP contribution in [0, 0.1) is 5.92 Å². The van der Waals surface area contributed by atoms with Crippen LogP contribution in [-0.4, -0.2) is 34.0 Å². The van der Waals surface area contributed by atoms with Crippen molar-refractivity contribution in [2.75, 3.05) is 13.1 Å². The van der Waals surface area contributed by atoms with Gasteiger partial charge in [0.1, 0.15) is 0 Å². The first-order chi connectivity index (χ1) is 9.81. The third kappa shape index (κ3) is 2.14. The van der Waals surface area contributed by atoms with E-state index in [1.54, 1.807) is 11.3 Å². The molecule has 2 aromatic heterocycles. The average Bonchev–Trinajstić information content (AvgIpc) is 2.94. The molecule has 1 aliphatic carbocycles. The van der Waals surface area contributed by atoms with Gasteiger partial charge in [0, 0.05) is 30.3 Å². The SMILES string of the molecule is O=C(C1CC1)N1CCC(c2noc(-c3ccsc3)n2)C1. The second-order valence-electron chi connectivity index (χ2n) is 5.51. The second kappa shape index (κ2) is 4.70. The number of hydrogen-bond acceptors (Lipinski definition) is 5. The van der Waals surface area contributed by atoms with Gasteiger partial charge < -0.3 is 9.42 Å². The number of carbonyl (C=O) groups excluding carboxylic acids is 1. The van der Waals surface area contributed by atoms with Gasteiger partial charge in [-0.25, -0.2) is 0 Å². The van der Waals surface area contributed by atoms with Crippen LogP contribution in [0.15, 0.2) is 21.3 Å². The molecule has 2 fully saturated rings. The number of thiophene rings is 1. The van der Waals surface area contributed by atoms with Crippen LogP contribution < -0.4 is 0 Å². The van der Waals surface area contributed by atoms with Gasteiger partial charge >= 0.3 is 0 Å². The number of likely N-dealkylation sites (tertiary alicyclic amines) is 1. The average molecular weight is 289 g/mol. The normalized spacial score (nSPS) is 22.4. The topological polar surface area (TPSA) is 59.2 Å². The first-order valence-electron chi connectivity index (χ1n) is 6.96. The monoisotopic (exact) mass is 289 g/mol. The molecule has 6 heteroatoms. The van der Waals surface area contributed by atoms with Crippen LogP contribution in [0.3, 0.4) is 0 Å². The molecule has 5 nitrogen and oxygen atoms in total. The van der Waals surface area contributed by atoms with Gasteiger partial charge in [-0.3, -0.25) is 4.79 Å². The van der Waals surface area contributed by atoms with Crippen LogP contribution in [0.1, 0.15) is 31.0 Å². The molecule has 1 saturated carbocycles. The van der Waals surface area contributed by atoms with E-state index in [9.17, 15) is 4.79 Å². The lowest BCUT2D eigenvalue weighted by molar-refractivity contribution is -0.131. The van der Waals surface area contributed by atoms with Crippen molar-refractivity contribution in [3.63, 3.8) is 0 Å². The molecule has 1 atom stereocenters. The van der Waals surface area contributed by atoms with E-state index in [4.69, 9.17) is 4.52 Å². The lowest BCUT2D eigenvalue weighted by atomic mass is 10.1. The van der Waals surface area contributed by atoms with E-state index >= 15 is 0 Å². The van der Waals surface area contributed by atoms with Crippen LogP contribution in [-0.2, 0) is 4.79 Å². The Bertz CT molecular complexity index is 618. The number of hydrogen-bond donors (Lipinski definition) is 0. The maximum Gasteiger partial charge on any atom is 0.258 e. The molecule has 1 amide bonds. The van der Waals surface area contributed by atoms with Crippen molar-refractivity contribution >= 4 is 17.2 Å².